The first-order chi connectivity index (χ1) is 12.4. The van der Waals surface area contributed by atoms with Gasteiger partial charge in [-0.1, -0.05) is 50.2 Å². The highest BCUT2D eigenvalue weighted by molar-refractivity contribution is 5.88. The minimum atomic E-state index is -0.0601. The van der Waals surface area contributed by atoms with Gasteiger partial charge >= 0.3 is 0 Å². The fourth-order valence-electron chi connectivity index (χ4n) is 4.12. The number of carbonyl (C=O) groups excluding carboxylic acids is 1. The number of hydrogen-bond acceptors (Lipinski definition) is 2. The summed E-state index contributed by atoms with van der Waals surface area (Å²) in [5.74, 6) is 0. The predicted molar refractivity (Wildman–Crippen MR) is 108 cm³/mol. The lowest BCUT2D eigenvalue weighted by Crippen LogP contribution is -2.30. The van der Waals surface area contributed by atoms with Crippen LogP contribution in [0.2, 0.25) is 0 Å². The molecule has 0 unspecified atom stereocenters. The number of hydrogen-bond donors (Lipinski definition) is 0. The summed E-state index contributed by atoms with van der Waals surface area (Å²) in [4.78, 5) is 13.7. The summed E-state index contributed by atoms with van der Waals surface area (Å²) in [6.45, 7) is 8.65. The lowest BCUT2D eigenvalue weighted by atomic mass is 9.73. The summed E-state index contributed by atoms with van der Waals surface area (Å²) in [6, 6.07) is 21.4. The maximum atomic E-state index is 11.3. The summed E-state index contributed by atoms with van der Waals surface area (Å²) in [7, 11) is 0. The first-order valence-corrected chi connectivity index (χ1v) is 9.00. The SMILES string of the molecule is Cc1cc(N2c3ccccc3C(C)(C)c3ccccc32)c(C)cc1C=O. The van der Waals surface area contributed by atoms with Gasteiger partial charge in [-0.25, -0.2) is 0 Å². The number of fused-ring (bicyclic) bond motifs is 2. The topological polar surface area (TPSA) is 20.3 Å². The van der Waals surface area contributed by atoms with Crippen molar-refractivity contribution in [3.63, 3.8) is 0 Å². The Bertz CT molecular complexity index is 967. The third-order valence-electron chi connectivity index (χ3n) is 5.59. The summed E-state index contributed by atoms with van der Waals surface area (Å²) in [6.07, 6.45) is 0.938. The fourth-order valence-corrected chi connectivity index (χ4v) is 4.12. The highest BCUT2D eigenvalue weighted by atomic mass is 16.1. The molecule has 3 aromatic rings. The molecule has 0 N–H and O–H groups in total. The van der Waals surface area contributed by atoms with Gasteiger partial charge in [-0.15, -0.1) is 0 Å². The molecule has 0 aromatic heterocycles. The van der Waals surface area contributed by atoms with Crippen molar-refractivity contribution in [3.8, 4) is 0 Å². The molecule has 26 heavy (non-hydrogen) atoms. The molecule has 0 radical (unpaired) electrons. The molecule has 2 heteroatoms. The van der Waals surface area contributed by atoms with E-state index in [9.17, 15) is 4.79 Å². The van der Waals surface area contributed by atoms with Gasteiger partial charge in [0.05, 0.1) is 11.4 Å². The fraction of sp³-hybridized carbons (Fsp3) is 0.208. The zero-order valence-corrected chi connectivity index (χ0v) is 15.7. The van der Waals surface area contributed by atoms with Crippen LogP contribution in [0.25, 0.3) is 0 Å². The number of carbonyl (C=O) groups is 1. The van der Waals surface area contributed by atoms with Crippen molar-refractivity contribution >= 4 is 23.3 Å². The highest BCUT2D eigenvalue weighted by Crippen LogP contribution is 2.52. The Kier molecular flexibility index (Phi) is 3.73. The second kappa shape index (κ2) is 5.84. The summed E-state index contributed by atoms with van der Waals surface area (Å²) in [5, 5.41) is 0. The Morgan fingerprint density at radius 1 is 0.769 bits per heavy atom. The number of para-hydroxylation sites is 2. The van der Waals surface area contributed by atoms with Crippen molar-refractivity contribution in [1.82, 2.24) is 0 Å². The summed E-state index contributed by atoms with van der Waals surface area (Å²) >= 11 is 0. The van der Waals surface area contributed by atoms with Crippen LogP contribution in [-0.4, -0.2) is 6.29 Å². The van der Waals surface area contributed by atoms with Crippen molar-refractivity contribution in [1.29, 1.82) is 0 Å². The van der Waals surface area contributed by atoms with Gasteiger partial charge in [0.2, 0.25) is 0 Å². The molecule has 2 nitrogen and oxygen atoms in total. The first kappa shape index (κ1) is 16.6. The number of benzene rings is 3. The highest BCUT2D eigenvalue weighted by Gasteiger charge is 2.36. The molecule has 0 fully saturated rings. The molecule has 3 aromatic carbocycles. The van der Waals surface area contributed by atoms with Gasteiger partial charge in [0, 0.05) is 16.7 Å². The van der Waals surface area contributed by atoms with Crippen molar-refractivity contribution in [3.05, 3.63) is 88.5 Å². The van der Waals surface area contributed by atoms with Gasteiger partial charge < -0.3 is 4.90 Å². The molecule has 0 saturated heterocycles. The van der Waals surface area contributed by atoms with Gasteiger partial charge in [0.1, 0.15) is 6.29 Å². The van der Waals surface area contributed by atoms with Crippen LogP contribution in [0.3, 0.4) is 0 Å². The molecule has 0 amide bonds. The van der Waals surface area contributed by atoms with Crippen LogP contribution in [0, 0.1) is 13.8 Å². The zero-order valence-electron chi connectivity index (χ0n) is 15.7. The Balaban J connectivity index is 2.05. The molecule has 0 bridgehead atoms. The minimum Gasteiger partial charge on any atom is -0.310 e. The van der Waals surface area contributed by atoms with E-state index in [1.807, 2.05) is 13.0 Å². The van der Waals surface area contributed by atoms with E-state index in [1.54, 1.807) is 0 Å². The second-order valence-corrected chi connectivity index (χ2v) is 7.61. The van der Waals surface area contributed by atoms with Gasteiger partial charge in [-0.05, 0) is 60.4 Å². The van der Waals surface area contributed by atoms with Gasteiger partial charge in [0.25, 0.3) is 0 Å². The Morgan fingerprint density at radius 2 is 1.31 bits per heavy atom. The van der Waals surface area contributed by atoms with Crippen molar-refractivity contribution in [2.45, 2.75) is 33.1 Å². The number of aryl methyl sites for hydroxylation is 2. The Labute approximate surface area is 155 Å². The van der Waals surface area contributed by atoms with E-state index < -0.39 is 0 Å². The number of aldehydes is 1. The average molecular weight is 341 g/mol. The molecule has 0 saturated carbocycles. The molecule has 0 aliphatic carbocycles. The molecule has 1 aliphatic rings. The molecule has 4 rings (SSSR count). The standard InChI is InChI=1S/C24H23NO/c1-16-14-23(17(2)13-18(16)15-26)25-21-11-7-5-9-19(21)24(3,4)20-10-6-8-12-22(20)25/h5-15H,1-4H3. The van der Waals surface area contributed by atoms with Crippen LogP contribution >= 0.6 is 0 Å². The van der Waals surface area contributed by atoms with E-state index in [4.69, 9.17) is 0 Å². The Hall–Kier alpha value is -2.87. The molecule has 0 spiro atoms. The minimum absolute atomic E-state index is 0.0601. The summed E-state index contributed by atoms with van der Waals surface area (Å²) in [5.41, 5.74) is 8.96. The molecule has 130 valence electrons. The van der Waals surface area contributed by atoms with E-state index in [1.165, 1.54) is 22.5 Å². The largest absolute Gasteiger partial charge is 0.310 e. The third kappa shape index (κ3) is 2.29. The zero-order chi connectivity index (χ0) is 18.5. The monoisotopic (exact) mass is 341 g/mol. The predicted octanol–water partition coefficient (Wildman–Crippen LogP) is 6.23. The van der Waals surface area contributed by atoms with Crippen LogP contribution in [0.5, 0.6) is 0 Å². The lowest BCUT2D eigenvalue weighted by Gasteiger charge is -2.42. The average Bonchev–Trinajstić information content (AvgIpc) is 2.64. The maximum absolute atomic E-state index is 11.3. The van der Waals surface area contributed by atoms with Gasteiger partial charge in [-0.3, -0.25) is 4.79 Å². The molecular weight excluding hydrogens is 318 g/mol. The van der Waals surface area contributed by atoms with Crippen molar-refractivity contribution < 1.29 is 4.79 Å². The number of anilines is 3. The first-order valence-electron chi connectivity index (χ1n) is 9.00. The lowest BCUT2D eigenvalue weighted by molar-refractivity contribution is 0.112. The molecule has 1 aliphatic heterocycles. The van der Waals surface area contributed by atoms with E-state index in [0.717, 1.165) is 28.7 Å². The maximum Gasteiger partial charge on any atom is 0.150 e. The van der Waals surface area contributed by atoms with Gasteiger partial charge in [-0.2, -0.15) is 0 Å². The second-order valence-electron chi connectivity index (χ2n) is 7.61. The van der Waals surface area contributed by atoms with E-state index >= 15 is 0 Å². The number of rotatable bonds is 2. The van der Waals surface area contributed by atoms with E-state index in [2.05, 4.69) is 80.3 Å². The molecular formula is C24H23NO. The third-order valence-corrected chi connectivity index (χ3v) is 5.59. The van der Waals surface area contributed by atoms with Crippen LogP contribution in [-0.2, 0) is 5.41 Å². The Morgan fingerprint density at radius 3 is 1.85 bits per heavy atom. The summed E-state index contributed by atoms with van der Waals surface area (Å²) < 4.78 is 0. The van der Waals surface area contributed by atoms with Crippen LogP contribution in [0.1, 0.15) is 46.5 Å². The quantitative estimate of drug-likeness (QED) is 0.515. The van der Waals surface area contributed by atoms with Crippen LogP contribution < -0.4 is 4.90 Å². The van der Waals surface area contributed by atoms with E-state index in [0.29, 0.717) is 0 Å². The molecule has 1 heterocycles. The molecule has 0 atom stereocenters. The van der Waals surface area contributed by atoms with Crippen molar-refractivity contribution in [2.75, 3.05) is 4.90 Å². The van der Waals surface area contributed by atoms with Gasteiger partial charge in [0.15, 0.2) is 0 Å². The van der Waals surface area contributed by atoms with Crippen molar-refractivity contribution in [2.24, 2.45) is 0 Å². The normalized spacial score (nSPS) is 14.5. The van der Waals surface area contributed by atoms with Crippen LogP contribution in [0.15, 0.2) is 60.7 Å². The van der Waals surface area contributed by atoms with Crippen LogP contribution in [0.4, 0.5) is 17.1 Å². The smallest absolute Gasteiger partial charge is 0.150 e. The number of nitrogens with zero attached hydrogens (tertiary/aromatic N) is 1. The van der Waals surface area contributed by atoms with E-state index in [-0.39, 0.29) is 5.41 Å².